The minimum absolute atomic E-state index is 0.411. The molecule has 0 radical (unpaired) electrons. The summed E-state index contributed by atoms with van der Waals surface area (Å²) < 4.78 is 6.95. The molecule has 4 aromatic heterocycles. The van der Waals surface area contributed by atoms with Crippen LogP contribution >= 0.6 is 11.8 Å². The number of fused-ring (bicyclic) bond motifs is 12. The second kappa shape index (κ2) is 18.8. The maximum absolute atomic E-state index is 5.63. The van der Waals surface area contributed by atoms with Crippen LogP contribution in [-0.2, 0) is 6.42 Å². The highest BCUT2D eigenvalue weighted by atomic mass is 32.2. The van der Waals surface area contributed by atoms with Gasteiger partial charge in [0.15, 0.2) is 5.82 Å². The molecule has 17 rings (SSSR count). The topological polar surface area (TPSA) is 53.5 Å². The molecule has 10 aromatic carbocycles. The van der Waals surface area contributed by atoms with Gasteiger partial charge in [-0.15, -0.1) is 0 Å². The van der Waals surface area contributed by atoms with Crippen LogP contribution in [-0.4, -0.2) is 28.7 Å². The van der Waals surface area contributed by atoms with Gasteiger partial charge in [0.05, 0.1) is 27.6 Å². The van der Waals surface area contributed by atoms with Gasteiger partial charge in [0.2, 0.25) is 11.9 Å². The molecule has 3 aliphatic rings. The first-order chi connectivity index (χ1) is 40.6. The quantitative estimate of drug-likeness (QED) is 0.152. The van der Waals surface area contributed by atoms with Crippen LogP contribution in [0.5, 0.6) is 0 Å². The average molecular weight is 1070 g/mol. The van der Waals surface area contributed by atoms with Gasteiger partial charge in [0.1, 0.15) is 0 Å². The number of aromatic nitrogens is 6. The smallest absolute Gasteiger partial charge is 0.240 e. The summed E-state index contributed by atoms with van der Waals surface area (Å²) in [5, 5.41) is 5.90. The maximum atomic E-state index is 5.63. The van der Waals surface area contributed by atoms with E-state index in [9.17, 15) is 0 Å². The second-order valence-corrected chi connectivity index (χ2v) is 22.9. The Bertz CT molecular complexity index is 5050. The number of thioether (sulfide) groups is 1. The molecule has 6 nitrogen and oxygen atoms in total. The molecule has 7 heteroatoms. The lowest BCUT2D eigenvalue weighted by molar-refractivity contribution is 0.772. The fraction of sp³-hybridized carbons (Fsp3) is 0.0533. The number of benzene rings is 10. The van der Waals surface area contributed by atoms with E-state index in [0.717, 1.165) is 80.1 Å². The predicted molar refractivity (Wildman–Crippen MR) is 339 cm³/mol. The molecule has 0 saturated carbocycles. The SMILES string of the molecule is C1=C(C2=CC=C3Sc4ccccc4C3C2)CCc2c1c1ccccc1n2-c1nc(-c2cccc(-c3ccccc3-c3ccccc3)c2)nc(-n2c3ccccc3c3cc(-c4ccc5c(c4)c4ccccc4n5-c4ccccc4)ccc32)n1. The van der Waals surface area contributed by atoms with Crippen molar-refractivity contribution in [2.24, 2.45) is 0 Å². The molecule has 386 valence electrons. The van der Waals surface area contributed by atoms with Crippen LogP contribution in [0.2, 0.25) is 0 Å². The first-order valence-electron chi connectivity index (χ1n) is 28.3. The van der Waals surface area contributed by atoms with Crippen LogP contribution in [0.4, 0.5) is 0 Å². The summed E-state index contributed by atoms with van der Waals surface area (Å²) in [4.78, 5) is 19.6. The molecule has 0 N–H and O–H groups in total. The van der Waals surface area contributed by atoms with E-state index in [1.807, 2.05) is 11.8 Å². The maximum Gasteiger partial charge on any atom is 0.240 e. The van der Waals surface area contributed by atoms with Crippen LogP contribution in [0.1, 0.15) is 35.6 Å². The number of nitrogens with zero attached hydrogens (tertiary/aromatic N) is 6. The number of allylic oxidation sites excluding steroid dienone is 5. The molecule has 14 aromatic rings. The van der Waals surface area contributed by atoms with Gasteiger partial charge in [-0.05, 0) is 147 Å². The third-order valence-electron chi connectivity index (χ3n) is 17.3. The molecule has 1 atom stereocenters. The van der Waals surface area contributed by atoms with Crippen LogP contribution in [0.3, 0.4) is 0 Å². The minimum Gasteiger partial charge on any atom is -0.309 e. The Morgan fingerprint density at radius 3 is 1.68 bits per heavy atom. The van der Waals surface area contributed by atoms with E-state index >= 15 is 0 Å². The Balaban J connectivity index is 0.841. The zero-order chi connectivity index (χ0) is 53.8. The van der Waals surface area contributed by atoms with Crippen LogP contribution in [0.25, 0.3) is 123 Å². The predicted octanol–water partition coefficient (Wildman–Crippen LogP) is 19.1. The molecule has 0 amide bonds. The number of para-hydroxylation sites is 4. The van der Waals surface area contributed by atoms with Gasteiger partial charge in [0.25, 0.3) is 0 Å². The molecule has 5 heterocycles. The lowest BCUT2D eigenvalue weighted by Gasteiger charge is -2.24. The number of hydrogen-bond acceptors (Lipinski definition) is 4. The molecule has 0 bridgehead atoms. The van der Waals surface area contributed by atoms with Crippen molar-refractivity contribution in [1.29, 1.82) is 0 Å². The first kappa shape index (κ1) is 46.8. The molecule has 0 saturated heterocycles. The Kier molecular flexibility index (Phi) is 10.7. The fourth-order valence-electron chi connectivity index (χ4n) is 13.5. The highest BCUT2D eigenvalue weighted by Gasteiger charge is 2.33. The van der Waals surface area contributed by atoms with Crippen LogP contribution < -0.4 is 0 Å². The van der Waals surface area contributed by atoms with Crippen molar-refractivity contribution in [2.75, 3.05) is 0 Å². The third-order valence-corrected chi connectivity index (χ3v) is 18.5. The van der Waals surface area contributed by atoms with E-state index < -0.39 is 0 Å². The Hall–Kier alpha value is -10.1. The lowest BCUT2D eigenvalue weighted by Crippen LogP contribution is -2.13. The van der Waals surface area contributed by atoms with Crippen molar-refractivity contribution in [1.82, 2.24) is 28.7 Å². The Morgan fingerprint density at radius 1 is 0.378 bits per heavy atom. The van der Waals surface area contributed by atoms with E-state index in [1.165, 1.54) is 76.1 Å². The van der Waals surface area contributed by atoms with E-state index in [1.54, 1.807) is 0 Å². The van der Waals surface area contributed by atoms with Crippen molar-refractivity contribution in [3.05, 3.63) is 288 Å². The third kappa shape index (κ3) is 7.47. The lowest BCUT2D eigenvalue weighted by atomic mass is 9.82. The summed E-state index contributed by atoms with van der Waals surface area (Å²) in [5.41, 5.74) is 21.2. The van der Waals surface area contributed by atoms with Gasteiger partial charge in [-0.25, -0.2) is 0 Å². The second-order valence-electron chi connectivity index (χ2n) is 21.8. The van der Waals surface area contributed by atoms with Crippen molar-refractivity contribution in [3.8, 4) is 62.4 Å². The van der Waals surface area contributed by atoms with Gasteiger partial charge in [-0.2, -0.15) is 15.0 Å². The standard InChI is InChI=1S/C75H50N6S/c1-3-18-47(19-4-1)55-24-7-8-25-56(55)52-20-17-21-53(42-52)73-76-74(78-75(77-73)81-67-32-15-11-28-59(67)63-45-50(36-40-70(63)81)51-37-41-72-64(46-51)60-29-12-16-33-71(60)82-72)80-66-31-14-10-27-58(66)62-44-49(35-39-69(62)80)48-34-38-68-61(43-48)57-26-9-13-30-65(57)79(68)54-22-5-2-6-23-54/h1-35,37-39,41-45,64H,36,40,46H2. The van der Waals surface area contributed by atoms with Gasteiger partial charge >= 0.3 is 0 Å². The molecule has 0 spiro atoms. The summed E-state index contributed by atoms with van der Waals surface area (Å²) >= 11 is 1.93. The Morgan fingerprint density at radius 2 is 0.939 bits per heavy atom. The average Bonchev–Trinajstić information content (AvgIpc) is 3.46. The number of rotatable bonds is 8. The molecule has 1 aliphatic heterocycles. The molecule has 0 fully saturated rings. The van der Waals surface area contributed by atoms with Gasteiger partial charge in [-0.1, -0.05) is 200 Å². The summed E-state index contributed by atoms with van der Waals surface area (Å²) in [7, 11) is 0. The van der Waals surface area contributed by atoms with Gasteiger partial charge < -0.3 is 4.57 Å². The van der Waals surface area contributed by atoms with Crippen molar-refractivity contribution >= 4 is 72.4 Å². The van der Waals surface area contributed by atoms with Crippen molar-refractivity contribution in [3.63, 3.8) is 0 Å². The zero-order valence-corrected chi connectivity index (χ0v) is 45.4. The van der Waals surface area contributed by atoms with E-state index in [-0.39, 0.29) is 0 Å². The highest BCUT2D eigenvalue weighted by Crippen LogP contribution is 2.54. The molecule has 82 heavy (non-hydrogen) atoms. The van der Waals surface area contributed by atoms with E-state index in [2.05, 4.69) is 275 Å². The normalized spacial score (nSPS) is 14.7. The summed E-state index contributed by atoms with van der Waals surface area (Å²) in [5.74, 6) is 2.17. The summed E-state index contributed by atoms with van der Waals surface area (Å²) in [6.45, 7) is 0. The minimum atomic E-state index is 0.411. The van der Waals surface area contributed by atoms with Crippen molar-refractivity contribution in [2.45, 2.75) is 30.1 Å². The van der Waals surface area contributed by atoms with E-state index in [4.69, 9.17) is 15.0 Å². The molecular weight excluding hydrogens is 1020 g/mol. The highest BCUT2D eigenvalue weighted by molar-refractivity contribution is 8.03. The first-order valence-corrected chi connectivity index (χ1v) is 29.1. The fourth-order valence-corrected chi connectivity index (χ4v) is 14.7. The zero-order valence-electron chi connectivity index (χ0n) is 44.6. The van der Waals surface area contributed by atoms with Crippen LogP contribution in [0.15, 0.2) is 276 Å². The summed E-state index contributed by atoms with van der Waals surface area (Å²) in [6.07, 6.45) is 10.0. The monoisotopic (exact) mass is 1070 g/mol. The van der Waals surface area contributed by atoms with Crippen molar-refractivity contribution < 1.29 is 0 Å². The van der Waals surface area contributed by atoms with Gasteiger partial charge in [0, 0.05) is 60.3 Å². The molecule has 2 aliphatic carbocycles. The largest absolute Gasteiger partial charge is 0.309 e. The number of hydrogen-bond donors (Lipinski definition) is 0. The molecule has 1 unspecified atom stereocenters. The Labute approximate surface area is 478 Å². The van der Waals surface area contributed by atoms with E-state index in [0.29, 0.717) is 23.6 Å². The van der Waals surface area contributed by atoms with Gasteiger partial charge in [-0.3, -0.25) is 9.13 Å². The van der Waals surface area contributed by atoms with Crippen LogP contribution in [0, 0.1) is 0 Å². The molecular formula is C75H50N6S. The summed E-state index contributed by atoms with van der Waals surface area (Å²) in [6, 6.07) is 87.6.